The van der Waals surface area contributed by atoms with Crippen molar-refractivity contribution in [2.24, 2.45) is 23.5 Å². The predicted octanol–water partition coefficient (Wildman–Crippen LogP) is 10.7. The van der Waals surface area contributed by atoms with Crippen LogP contribution in [-0.4, -0.2) is 200 Å². The average Bonchev–Trinajstić information content (AvgIpc) is 0.768. The molecule has 2 saturated heterocycles. The van der Waals surface area contributed by atoms with Crippen LogP contribution in [0.5, 0.6) is 46.0 Å². The van der Waals surface area contributed by atoms with Crippen LogP contribution in [-0.2, 0) is 87.0 Å². The molecule has 29 nitrogen and oxygen atoms in total. The van der Waals surface area contributed by atoms with Crippen LogP contribution in [0.25, 0.3) is 22.3 Å². The number of Topliss-reactive ketones (excluding diaryl/α,β-unsaturated/α-hetero) is 3. The minimum atomic E-state index is -1.98. The number of nitrogens with one attached hydrogen (secondary N) is 5. The van der Waals surface area contributed by atoms with Crippen LogP contribution >= 0.6 is 34.8 Å². The van der Waals surface area contributed by atoms with Crippen molar-refractivity contribution in [3.05, 3.63) is 188 Å². The molecule has 7 heterocycles. The Morgan fingerprint density at radius 2 is 1.33 bits per heavy atom. The summed E-state index contributed by atoms with van der Waals surface area (Å²) in [5.74, 6) is -13.0. The molecule has 1 radical (unpaired) electrons. The minimum absolute atomic E-state index is 0. The molecule has 2 fully saturated rings. The SMILES string of the molecule is C=C1CC2C(=O)CC(C(=O)NC(C)c3cc(O)cc(O)c3-c3cc2ccc3O)C(O)c2ccc(c(Cl)c2)Oc2cc3cc(c2OC2OC(CO)C(O)C(O)C2OC2CC(C)(NCc4ccc(-c5ccc(Cl)cc5)cc4)C(O)C(C)O2)Oc2ccc(cc2Cl)[C@H](O)C(NC(=O)C(CC(C)C)NC)C(=O)CC(CC(N)=O)C(=O)NC13.CC(=O)CCCC[N+](C)(C)C.[Y]. The molecule has 33 heteroatoms. The summed E-state index contributed by atoms with van der Waals surface area (Å²) in [6.07, 6.45) is -16.2. The van der Waals surface area contributed by atoms with Gasteiger partial charge in [-0.05, 0) is 183 Å². The monoisotopic (exact) mass is 1860 g/mol. The molecular formula is C92H111Cl3N7O22Y+. The summed E-state index contributed by atoms with van der Waals surface area (Å²) in [5.41, 5.74) is 7.40. The van der Waals surface area contributed by atoms with Gasteiger partial charge in [-0.1, -0.05) is 110 Å². The Balaban J connectivity index is 0.00000127. The summed E-state index contributed by atoms with van der Waals surface area (Å²) in [4.78, 5) is 99.8. The number of ether oxygens (including phenoxy) is 6. The number of nitrogens with zero attached hydrogens (tertiary/aromatic N) is 1. The number of rotatable bonds is 21. The Kier molecular flexibility index (Phi) is 33.6. The topological polar surface area (TPSA) is 443 Å². The number of phenolic OH excluding ortho intramolecular Hbond substituents is 3. The summed E-state index contributed by atoms with van der Waals surface area (Å²) < 4.78 is 41.1. The molecule has 18 atom stereocenters. The van der Waals surface area contributed by atoms with Crippen molar-refractivity contribution in [2.75, 3.05) is 41.3 Å². The van der Waals surface area contributed by atoms with Gasteiger partial charge in [-0.15, -0.1) is 0 Å². The number of aliphatic hydroxyl groups excluding tert-OH is 6. The van der Waals surface area contributed by atoms with Crippen LogP contribution in [0.3, 0.4) is 0 Å². The number of phenols is 3. The number of nitrogens with two attached hydrogens (primary N) is 1. The molecule has 125 heavy (non-hydrogen) atoms. The molecular weight excluding hydrogens is 1750 g/mol. The van der Waals surface area contributed by atoms with Gasteiger partial charge in [0.15, 0.2) is 29.7 Å². The van der Waals surface area contributed by atoms with Crippen molar-refractivity contribution >= 4 is 75.8 Å². The van der Waals surface area contributed by atoms with Gasteiger partial charge in [0.05, 0.1) is 92.6 Å². The smallest absolute Gasteiger partial charge is 0.237 e. The molecule has 0 spiro atoms. The van der Waals surface area contributed by atoms with Gasteiger partial charge >= 0.3 is 0 Å². The molecule has 0 saturated carbocycles. The van der Waals surface area contributed by atoms with E-state index in [-0.39, 0.29) is 124 Å². The van der Waals surface area contributed by atoms with E-state index in [4.69, 9.17) is 69.0 Å². The molecule has 669 valence electrons. The standard InChI is InChI=1S/C83H91Cl3N6O21.C9H20NO.Y/c1-37(2)22-57(88-7)81(107)92-71-61(98)27-48(30-67(87)99)79(105)91-70-38(3)23-52-44-14-19-58(95)53(24-44)69-51(31-50(94)32-60(69)97)39(4)90-80(106)54(33-59(52)96)72(100)45-15-20-62(55(85)25-45)109-64-28-47(70)29-65(110-63-21-16-46(73(71)101)26-56(63)86)76(64)113-82-77(75(103)74(102)66(36-93)111-82)112-68-34-83(6,78(104)40(5)108-68)89-35-41-8-10-42(11-9-41)43-12-17-49(84)18-13-43;1-9(11)7-5-6-8-10(2,3)4;/h8-21,24-26,28-29,31-32,37,39-40,48,52,54,57,66,68,70-75,77-78,82,88-89,93-95,97,100-104H,3,22-23,27,30,33-36H2,1-2,4-7H3,(H2,87,99)(H,90,106)(H,91,105)(H,92,107);5-8H2,1-4H3;/q;+1;/t39?,40?,48?,52?,54?,57?,66?,68?,70?,71?,72?,73-,74?,75?,77?,78?,82?,83?;;/m0../s1. The van der Waals surface area contributed by atoms with Crippen LogP contribution in [0.2, 0.25) is 15.1 Å². The second-order valence-corrected chi connectivity index (χ2v) is 35.6. The third-order valence-electron chi connectivity index (χ3n) is 23.2. The number of unbranched alkanes of at least 4 members (excludes halogenated alkanes) is 1. The first-order chi connectivity index (χ1) is 58.6. The Morgan fingerprint density at radius 1 is 0.712 bits per heavy atom. The molecule has 16 N–H and O–H groups in total. The van der Waals surface area contributed by atoms with E-state index in [9.17, 15) is 60.3 Å². The second kappa shape index (κ2) is 42.6. The van der Waals surface area contributed by atoms with Gasteiger partial charge in [-0.3, -0.25) is 28.8 Å². The van der Waals surface area contributed by atoms with Crippen LogP contribution < -0.4 is 46.5 Å². The fraction of sp³-hybridized carbons (Fsp3) is 0.446. The molecule has 0 aliphatic carbocycles. The number of primary amides is 1. The van der Waals surface area contributed by atoms with Crippen molar-refractivity contribution in [1.82, 2.24) is 26.6 Å². The maximum atomic E-state index is 15.8. The van der Waals surface area contributed by atoms with E-state index in [0.717, 1.165) is 53.0 Å². The fourth-order valence-electron chi connectivity index (χ4n) is 16.3. The van der Waals surface area contributed by atoms with E-state index in [1.165, 1.54) is 86.8 Å². The van der Waals surface area contributed by atoms with Gasteiger partial charge in [-0.25, -0.2) is 0 Å². The number of likely N-dealkylation sites (N-methyl/N-ethyl adjacent to an activating group) is 1. The first kappa shape index (κ1) is 98.6. The number of hydrogen-bond acceptors (Lipinski definition) is 24. The Bertz CT molecular complexity index is 5080. The number of amides is 4. The molecule has 7 aliphatic rings. The Labute approximate surface area is 766 Å². The predicted molar refractivity (Wildman–Crippen MR) is 462 cm³/mol. The quantitative estimate of drug-likeness (QED) is 0.0180. The van der Waals surface area contributed by atoms with E-state index < -0.39 is 211 Å². The van der Waals surface area contributed by atoms with Gasteiger partial charge in [0, 0.05) is 105 Å². The number of benzene rings is 7. The first-order valence-electron chi connectivity index (χ1n) is 41.3. The largest absolute Gasteiger partial charge is 0.508 e. The molecule has 7 aromatic rings. The molecule has 14 rings (SSSR count). The third kappa shape index (κ3) is 24.3. The van der Waals surface area contributed by atoms with Crippen LogP contribution in [0.1, 0.15) is 163 Å². The van der Waals surface area contributed by atoms with Crippen molar-refractivity contribution in [1.29, 1.82) is 0 Å². The van der Waals surface area contributed by atoms with E-state index in [0.29, 0.717) is 10.8 Å². The average molecular weight is 1860 g/mol. The molecule has 4 amide bonds. The number of ketones is 3. The van der Waals surface area contributed by atoms with Crippen molar-refractivity contribution in [3.63, 3.8) is 0 Å². The summed E-state index contributed by atoms with van der Waals surface area (Å²) in [6, 6.07) is 26.5. The molecule has 7 aromatic carbocycles. The van der Waals surface area contributed by atoms with Gasteiger partial charge in [-0.2, -0.15) is 0 Å². The number of aromatic hydroxyl groups is 3. The van der Waals surface area contributed by atoms with E-state index in [1.807, 2.05) is 50.2 Å². The summed E-state index contributed by atoms with van der Waals surface area (Å²) in [5, 5.41) is 121. The molecule has 0 aromatic heterocycles. The van der Waals surface area contributed by atoms with E-state index in [2.05, 4.69) is 54.3 Å². The third-order valence-corrected chi connectivity index (χ3v) is 24.0. The van der Waals surface area contributed by atoms with E-state index in [1.54, 1.807) is 32.9 Å². The molecule has 17 unspecified atom stereocenters. The van der Waals surface area contributed by atoms with Crippen LogP contribution in [0.15, 0.2) is 140 Å². The van der Waals surface area contributed by atoms with Crippen LogP contribution in [0.4, 0.5) is 0 Å². The number of halogens is 3. The van der Waals surface area contributed by atoms with Crippen molar-refractivity contribution in [2.45, 2.75) is 203 Å². The number of quaternary nitrogens is 1. The van der Waals surface area contributed by atoms with Gasteiger partial charge in [0.25, 0.3) is 0 Å². The zero-order chi connectivity index (χ0) is 90.2. The number of carbonyl (C=O) groups excluding carboxylic acids is 7. The second-order valence-electron chi connectivity index (χ2n) is 34.4. The fourth-order valence-corrected chi connectivity index (χ4v) is 16.9. The normalized spacial score (nSPS) is 26.1. The van der Waals surface area contributed by atoms with Crippen molar-refractivity contribution in [3.8, 4) is 68.2 Å². The summed E-state index contributed by atoms with van der Waals surface area (Å²) >= 11 is 20.7. The van der Waals surface area contributed by atoms with E-state index >= 15 is 19.2 Å². The molecule has 7 aliphatic heterocycles. The zero-order valence-electron chi connectivity index (χ0n) is 71.3. The number of fused-ring (bicyclic) bond motifs is 15. The number of carbonyl (C=O) groups is 7. The minimum Gasteiger partial charge on any atom is -0.508 e. The first-order valence-corrected chi connectivity index (χ1v) is 42.4. The van der Waals surface area contributed by atoms with Gasteiger partial charge in [0.1, 0.15) is 70.8 Å². The Hall–Kier alpha value is -8.54. The van der Waals surface area contributed by atoms with Crippen LogP contribution in [0, 0.1) is 17.8 Å². The van der Waals surface area contributed by atoms with Gasteiger partial charge in [0.2, 0.25) is 35.7 Å². The summed E-state index contributed by atoms with van der Waals surface area (Å²) in [7, 11) is 8.06. The van der Waals surface area contributed by atoms with Gasteiger partial charge < -0.3 is 116 Å². The molecule has 11 bridgehead atoms. The summed E-state index contributed by atoms with van der Waals surface area (Å²) in [6.45, 7) is 15.3. The number of hydrogen-bond donors (Lipinski definition) is 15. The Morgan fingerprint density at radius 3 is 1.91 bits per heavy atom. The number of aliphatic hydroxyl groups is 6. The van der Waals surface area contributed by atoms with Crippen molar-refractivity contribution < 1.29 is 145 Å². The maximum Gasteiger partial charge on any atom is 0.237 e. The zero-order valence-corrected chi connectivity index (χ0v) is 76.4. The maximum absolute atomic E-state index is 15.8.